The van der Waals surface area contributed by atoms with Crippen molar-refractivity contribution in [1.82, 2.24) is 20.3 Å². The van der Waals surface area contributed by atoms with E-state index in [4.69, 9.17) is 4.74 Å². The minimum absolute atomic E-state index is 0.205. The molecule has 1 fully saturated rings. The number of hydrogen-bond acceptors (Lipinski definition) is 6. The average Bonchev–Trinajstić information content (AvgIpc) is 3.29. The number of hydrogen-bond donors (Lipinski definition) is 3. The first-order valence-corrected chi connectivity index (χ1v) is 9.06. The molecule has 0 amide bonds. The van der Waals surface area contributed by atoms with Crippen molar-refractivity contribution in [2.24, 2.45) is 0 Å². The molecule has 0 aliphatic carbocycles. The first-order valence-electron chi connectivity index (χ1n) is 9.06. The van der Waals surface area contributed by atoms with Gasteiger partial charge in [-0.15, -0.1) is 5.10 Å². The summed E-state index contributed by atoms with van der Waals surface area (Å²) in [5, 5.41) is 31.6. The standard InChI is InChI=1S/C20H21FN4O3/c21-15-6-3-5-13(8-15)16-10-25(24-23-16)11-19-20(18(27)12-28-19)22-9-14-4-1-2-7-17(14)26/h1-8,10,18-20,22,26-27H,9,11-12H2/t18-,19+,20+/m0/s1. The highest BCUT2D eigenvalue weighted by Gasteiger charge is 2.36. The smallest absolute Gasteiger partial charge is 0.123 e. The minimum atomic E-state index is -0.665. The summed E-state index contributed by atoms with van der Waals surface area (Å²) in [7, 11) is 0. The fraction of sp³-hybridized carbons (Fsp3) is 0.300. The Balaban J connectivity index is 1.43. The predicted molar refractivity (Wildman–Crippen MR) is 99.9 cm³/mol. The fourth-order valence-corrected chi connectivity index (χ4v) is 3.35. The summed E-state index contributed by atoms with van der Waals surface area (Å²) in [6.07, 6.45) is 0.744. The number of ether oxygens (including phenoxy) is 1. The zero-order valence-electron chi connectivity index (χ0n) is 15.1. The molecular formula is C20H21FN4O3. The SMILES string of the molecule is Oc1ccccc1CN[C@@H]1[C@@H](O)CO[C@@H]1Cn1cc(-c2cccc(F)c2)nn1. The van der Waals surface area contributed by atoms with Gasteiger partial charge in [-0.05, 0) is 18.2 Å². The van der Waals surface area contributed by atoms with E-state index in [-0.39, 0.29) is 30.3 Å². The normalized spacial score (nSPS) is 21.9. The van der Waals surface area contributed by atoms with Crippen LogP contribution in [0.25, 0.3) is 11.3 Å². The van der Waals surface area contributed by atoms with Crippen LogP contribution >= 0.6 is 0 Å². The molecule has 3 atom stereocenters. The number of phenolic OH excluding ortho intramolecular Hbond substituents is 1. The zero-order valence-corrected chi connectivity index (χ0v) is 15.1. The number of rotatable bonds is 6. The van der Waals surface area contributed by atoms with Gasteiger partial charge in [-0.1, -0.05) is 35.5 Å². The number of para-hydroxylation sites is 1. The van der Waals surface area contributed by atoms with Gasteiger partial charge in [0.2, 0.25) is 0 Å². The van der Waals surface area contributed by atoms with Gasteiger partial charge in [0.05, 0.1) is 37.6 Å². The van der Waals surface area contributed by atoms with Crippen LogP contribution in [0.3, 0.4) is 0 Å². The molecule has 2 aromatic carbocycles. The lowest BCUT2D eigenvalue weighted by Crippen LogP contribution is -2.45. The second-order valence-electron chi connectivity index (χ2n) is 6.81. The Morgan fingerprint density at radius 1 is 1.21 bits per heavy atom. The third-order valence-electron chi connectivity index (χ3n) is 4.84. The molecule has 0 unspecified atom stereocenters. The lowest BCUT2D eigenvalue weighted by atomic mass is 10.1. The number of aliphatic hydroxyl groups is 1. The first-order chi connectivity index (χ1) is 13.6. The molecule has 1 aromatic heterocycles. The summed E-state index contributed by atoms with van der Waals surface area (Å²) in [6.45, 7) is 1.01. The Morgan fingerprint density at radius 3 is 2.89 bits per heavy atom. The van der Waals surface area contributed by atoms with Crippen molar-refractivity contribution in [2.75, 3.05) is 6.61 Å². The molecule has 1 saturated heterocycles. The highest BCUT2D eigenvalue weighted by molar-refractivity contribution is 5.57. The van der Waals surface area contributed by atoms with Gasteiger partial charge in [-0.3, -0.25) is 0 Å². The maximum Gasteiger partial charge on any atom is 0.123 e. The van der Waals surface area contributed by atoms with Gasteiger partial charge in [0.1, 0.15) is 17.3 Å². The Morgan fingerprint density at radius 2 is 2.07 bits per heavy atom. The third kappa shape index (κ3) is 4.04. The van der Waals surface area contributed by atoms with Gasteiger partial charge < -0.3 is 20.3 Å². The summed E-state index contributed by atoms with van der Waals surface area (Å²) in [6, 6.07) is 12.9. The Kier molecular flexibility index (Phi) is 5.34. The molecule has 7 nitrogen and oxygen atoms in total. The third-order valence-corrected chi connectivity index (χ3v) is 4.84. The van der Waals surface area contributed by atoms with Crippen LogP contribution in [0, 0.1) is 5.82 Å². The molecule has 146 valence electrons. The van der Waals surface area contributed by atoms with E-state index in [1.54, 1.807) is 35.1 Å². The van der Waals surface area contributed by atoms with Crippen molar-refractivity contribution in [3.8, 4) is 17.0 Å². The van der Waals surface area contributed by atoms with Crippen molar-refractivity contribution >= 4 is 0 Å². The van der Waals surface area contributed by atoms with E-state index < -0.39 is 6.10 Å². The highest BCUT2D eigenvalue weighted by Crippen LogP contribution is 2.21. The van der Waals surface area contributed by atoms with E-state index in [1.165, 1.54) is 12.1 Å². The molecule has 8 heteroatoms. The van der Waals surface area contributed by atoms with Crippen LogP contribution in [0.5, 0.6) is 5.75 Å². The maximum absolute atomic E-state index is 13.4. The number of aliphatic hydroxyl groups excluding tert-OH is 1. The lowest BCUT2D eigenvalue weighted by molar-refractivity contribution is 0.0741. The quantitative estimate of drug-likeness (QED) is 0.599. The van der Waals surface area contributed by atoms with Crippen LogP contribution < -0.4 is 5.32 Å². The molecule has 0 saturated carbocycles. The largest absolute Gasteiger partial charge is 0.508 e. The van der Waals surface area contributed by atoms with Crippen molar-refractivity contribution < 1.29 is 19.3 Å². The van der Waals surface area contributed by atoms with Gasteiger partial charge in [-0.25, -0.2) is 9.07 Å². The predicted octanol–water partition coefficient (Wildman–Crippen LogP) is 1.71. The van der Waals surface area contributed by atoms with E-state index in [0.717, 1.165) is 5.56 Å². The molecule has 2 heterocycles. The monoisotopic (exact) mass is 384 g/mol. The molecule has 28 heavy (non-hydrogen) atoms. The second kappa shape index (κ2) is 8.05. The number of aromatic hydroxyl groups is 1. The van der Waals surface area contributed by atoms with Crippen LogP contribution in [-0.4, -0.2) is 50.1 Å². The van der Waals surface area contributed by atoms with E-state index in [9.17, 15) is 14.6 Å². The fourth-order valence-electron chi connectivity index (χ4n) is 3.35. The highest BCUT2D eigenvalue weighted by atomic mass is 19.1. The minimum Gasteiger partial charge on any atom is -0.508 e. The first kappa shape index (κ1) is 18.5. The molecule has 1 aliphatic rings. The number of nitrogens with one attached hydrogen (secondary N) is 1. The molecule has 0 radical (unpaired) electrons. The van der Waals surface area contributed by atoms with Crippen molar-refractivity contribution in [3.63, 3.8) is 0 Å². The van der Waals surface area contributed by atoms with E-state index in [2.05, 4.69) is 15.6 Å². The molecule has 4 rings (SSSR count). The van der Waals surface area contributed by atoms with Crippen LogP contribution in [0.2, 0.25) is 0 Å². The molecule has 0 bridgehead atoms. The van der Waals surface area contributed by atoms with Crippen molar-refractivity contribution in [3.05, 3.63) is 66.1 Å². The van der Waals surface area contributed by atoms with Crippen LogP contribution in [-0.2, 0) is 17.8 Å². The number of benzene rings is 2. The topological polar surface area (TPSA) is 92.4 Å². The zero-order chi connectivity index (χ0) is 19.5. The summed E-state index contributed by atoms with van der Waals surface area (Å²) in [5.41, 5.74) is 1.96. The lowest BCUT2D eigenvalue weighted by Gasteiger charge is -2.22. The Hall–Kier alpha value is -2.81. The number of aromatic nitrogens is 3. The molecule has 0 spiro atoms. The van der Waals surface area contributed by atoms with Gasteiger partial charge in [0.15, 0.2) is 0 Å². The number of halogens is 1. The summed E-state index contributed by atoms with van der Waals surface area (Å²) in [4.78, 5) is 0. The van der Waals surface area contributed by atoms with Crippen LogP contribution in [0.1, 0.15) is 5.56 Å². The van der Waals surface area contributed by atoms with Gasteiger partial charge >= 0.3 is 0 Å². The van der Waals surface area contributed by atoms with Crippen LogP contribution in [0.15, 0.2) is 54.7 Å². The number of nitrogens with zero attached hydrogens (tertiary/aromatic N) is 3. The Labute approximate surface area is 161 Å². The molecule has 1 aliphatic heterocycles. The van der Waals surface area contributed by atoms with Crippen molar-refractivity contribution in [2.45, 2.75) is 31.3 Å². The summed E-state index contributed by atoms with van der Waals surface area (Å²) < 4.78 is 20.7. The molecular weight excluding hydrogens is 363 g/mol. The Bertz CT molecular complexity index is 948. The van der Waals surface area contributed by atoms with Gasteiger partial charge in [0, 0.05) is 17.7 Å². The van der Waals surface area contributed by atoms with Gasteiger partial charge in [-0.2, -0.15) is 0 Å². The maximum atomic E-state index is 13.4. The van der Waals surface area contributed by atoms with Crippen molar-refractivity contribution in [1.29, 1.82) is 0 Å². The van der Waals surface area contributed by atoms with Crippen LogP contribution in [0.4, 0.5) is 4.39 Å². The van der Waals surface area contributed by atoms with Gasteiger partial charge in [0.25, 0.3) is 0 Å². The molecule has 3 aromatic rings. The van der Waals surface area contributed by atoms with E-state index >= 15 is 0 Å². The summed E-state index contributed by atoms with van der Waals surface area (Å²) in [5.74, 6) is -0.126. The molecule has 3 N–H and O–H groups in total. The summed E-state index contributed by atoms with van der Waals surface area (Å²) >= 11 is 0. The average molecular weight is 384 g/mol. The van der Waals surface area contributed by atoms with E-state index in [1.807, 2.05) is 12.1 Å². The second-order valence-corrected chi connectivity index (χ2v) is 6.81. The van der Waals surface area contributed by atoms with E-state index in [0.29, 0.717) is 24.3 Å². The number of phenols is 1.